The van der Waals surface area contributed by atoms with E-state index in [1.807, 2.05) is 43.9 Å². The molecule has 51 heavy (non-hydrogen) atoms. The van der Waals surface area contributed by atoms with E-state index >= 15 is 0 Å². The molecule has 3 heterocycles. The maximum atomic E-state index is 14.6. The molecule has 0 spiro atoms. The third-order valence-corrected chi connectivity index (χ3v) is 12.6. The first-order valence-corrected chi connectivity index (χ1v) is 19.4. The zero-order chi connectivity index (χ0) is 36.7. The van der Waals surface area contributed by atoms with Crippen LogP contribution in [-0.2, 0) is 29.2 Å². The average Bonchev–Trinajstić information content (AvgIpc) is 4.03. The van der Waals surface area contributed by atoms with Crippen molar-refractivity contribution in [1.29, 1.82) is 0 Å². The number of nitrogens with zero attached hydrogens (tertiary/aromatic N) is 3. The number of hydrogen-bond acceptors (Lipinski definition) is 9. The highest BCUT2D eigenvalue weighted by Crippen LogP contribution is 2.46. The number of piperidine rings is 1. The summed E-state index contributed by atoms with van der Waals surface area (Å²) in [5.74, 6) is -2.11. The minimum Gasteiger partial charge on any atom is -0.497 e. The van der Waals surface area contributed by atoms with Crippen LogP contribution in [0.25, 0.3) is 10.8 Å². The fourth-order valence-corrected chi connectivity index (χ4v) is 8.68. The molecule has 2 saturated carbocycles. The van der Waals surface area contributed by atoms with E-state index in [2.05, 4.69) is 21.6 Å². The number of aromatic nitrogens is 1. The molecule has 4 amide bonds. The highest BCUT2D eigenvalue weighted by molar-refractivity contribution is 7.91. The van der Waals surface area contributed by atoms with Gasteiger partial charge in [-0.1, -0.05) is 26.8 Å². The molecule has 1 unspecified atom stereocenters. The molecule has 6 rings (SSSR count). The lowest BCUT2D eigenvalue weighted by molar-refractivity contribution is -0.148. The van der Waals surface area contributed by atoms with Crippen LogP contribution >= 0.6 is 0 Å². The SMILES string of the molecule is C=CC1C[C@]1(NC(=O)[C@@H]1C[C@@H](Oc2nccc3cc(OC)ccc23)CN1C(=O)[C@@H](CC(=O)N1CCCCC1)C(C)(C)C)C(=O)NS(=O)(=O)C1CC1. The van der Waals surface area contributed by atoms with Crippen molar-refractivity contribution in [1.82, 2.24) is 24.8 Å². The topological polar surface area (TPSA) is 164 Å². The number of sulfonamides is 1. The van der Waals surface area contributed by atoms with Gasteiger partial charge in [-0.3, -0.25) is 23.9 Å². The molecule has 2 saturated heterocycles. The molecule has 5 atom stereocenters. The van der Waals surface area contributed by atoms with Crippen molar-refractivity contribution >= 4 is 44.4 Å². The summed E-state index contributed by atoms with van der Waals surface area (Å²) in [6.45, 7) is 10.9. The standard InChI is InChI=1S/C37H49N5O8S/c1-6-24-21-37(24,35(46)40-51(47,48)27-11-12-27)39-32(44)30-19-26(50-33-28-13-10-25(49-5)18-23(28)14-15-38-33)22-42(30)34(45)29(36(2,3)4)20-31(43)41-16-8-7-9-17-41/h6,10,13-15,18,24,26-27,29-30H,1,7-9,11-12,16-17,19-22H2,2-5H3,(H,39,44)(H,40,46)/t24?,26-,29-,30+,37-/m1/s1. The zero-order valence-electron chi connectivity index (χ0n) is 29.9. The van der Waals surface area contributed by atoms with Gasteiger partial charge in [0.05, 0.1) is 24.8 Å². The maximum Gasteiger partial charge on any atom is 0.259 e. The molecule has 14 heteroatoms. The first kappa shape index (κ1) is 36.6. The Bertz CT molecular complexity index is 1820. The smallest absolute Gasteiger partial charge is 0.259 e. The van der Waals surface area contributed by atoms with Crippen molar-refractivity contribution in [3.8, 4) is 11.6 Å². The molecule has 2 aliphatic heterocycles. The van der Waals surface area contributed by atoms with Crippen LogP contribution in [0, 0.1) is 17.3 Å². The summed E-state index contributed by atoms with van der Waals surface area (Å²) in [5, 5.41) is 3.77. The van der Waals surface area contributed by atoms with E-state index in [0.29, 0.717) is 37.6 Å². The monoisotopic (exact) mass is 723 g/mol. The summed E-state index contributed by atoms with van der Waals surface area (Å²) in [5.41, 5.74) is -2.14. The number of pyridine rings is 1. The van der Waals surface area contributed by atoms with Crippen LogP contribution in [0.2, 0.25) is 0 Å². The van der Waals surface area contributed by atoms with Crippen molar-refractivity contribution in [2.45, 2.75) is 95.1 Å². The number of ether oxygens (including phenoxy) is 2. The Morgan fingerprint density at radius 1 is 1.12 bits per heavy atom. The lowest BCUT2D eigenvalue weighted by Crippen LogP contribution is -2.57. The van der Waals surface area contributed by atoms with Crippen molar-refractivity contribution in [2.75, 3.05) is 26.7 Å². The molecule has 13 nitrogen and oxygen atoms in total. The first-order valence-electron chi connectivity index (χ1n) is 17.8. The van der Waals surface area contributed by atoms with Crippen LogP contribution in [0.15, 0.2) is 43.1 Å². The Morgan fingerprint density at radius 3 is 2.47 bits per heavy atom. The van der Waals surface area contributed by atoms with Gasteiger partial charge in [-0.15, -0.1) is 6.58 Å². The molecule has 2 aromatic rings. The van der Waals surface area contributed by atoms with Crippen LogP contribution < -0.4 is 19.5 Å². The fourth-order valence-electron chi connectivity index (χ4n) is 7.31. The van der Waals surface area contributed by atoms with Crippen LogP contribution in [0.3, 0.4) is 0 Å². The summed E-state index contributed by atoms with van der Waals surface area (Å²) in [6.07, 6.45) is 6.59. The lowest BCUT2D eigenvalue weighted by Gasteiger charge is -2.36. The van der Waals surface area contributed by atoms with Crippen LogP contribution in [-0.4, -0.2) is 96.5 Å². The van der Waals surface area contributed by atoms with E-state index in [-0.39, 0.29) is 37.6 Å². The number of amides is 4. The van der Waals surface area contributed by atoms with Crippen LogP contribution in [0.1, 0.15) is 72.1 Å². The number of likely N-dealkylation sites (tertiary alicyclic amines) is 2. The molecule has 2 N–H and O–H groups in total. The number of nitrogens with one attached hydrogen (secondary N) is 2. The highest BCUT2D eigenvalue weighted by Gasteiger charge is 2.62. The number of methoxy groups -OCH3 is 1. The largest absolute Gasteiger partial charge is 0.497 e. The molecule has 0 radical (unpaired) electrons. The molecule has 1 aromatic carbocycles. The van der Waals surface area contributed by atoms with Gasteiger partial charge in [-0.05, 0) is 73.6 Å². The number of rotatable bonds is 12. The summed E-state index contributed by atoms with van der Waals surface area (Å²) in [7, 11) is -2.29. The number of carbonyl (C=O) groups excluding carboxylic acids is 4. The van der Waals surface area contributed by atoms with E-state index in [4.69, 9.17) is 9.47 Å². The fraction of sp³-hybridized carbons (Fsp3) is 0.595. The molecule has 276 valence electrons. The predicted octanol–water partition coefficient (Wildman–Crippen LogP) is 3.33. The zero-order valence-corrected chi connectivity index (χ0v) is 30.7. The molecule has 4 fully saturated rings. The number of benzene rings is 1. The van der Waals surface area contributed by atoms with Gasteiger partial charge in [-0.2, -0.15) is 0 Å². The van der Waals surface area contributed by atoms with Crippen LogP contribution in [0.5, 0.6) is 11.6 Å². The Hall–Kier alpha value is -4.20. The number of carbonyl (C=O) groups is 4. The highest BCUT2D eigenvalue weighted by atomic mass is 32.2. The van der Waals surface area contributed by atoms with Gasteiger partial charge in [0.15, 0.2) is 0 Å². The maximum absolute atomic E-state index is 14.6. The molecular weight excluding hydrogens is 675 g/mol. The molecule has 0 bridgehead atoms. The summed E-state index contributed by atoms with van der Waals surface area (Å²) in [6, 6.07) is 6.25. The minimum atomic E-state index is -3.87. The molecule has 2 aliphatic carbocycles. The molecular formula is C37H49N5O8S. The Morgan fingerprint density at radius 2 is 1.84 bits per heavy atom. The third-order valence-electron chi connectivity index (χ3n) is 10.7. The van der Waals surface area contributed by atoms with E-state index in [9.17, 15) is 27.6 Å². The van der Waals surface area contributed by atoms with Gasteiger partial charge < -0.3 is 24.6 Å². The molecule has 1 aromatic heterocycles. The lowest BCUT2D eigenvalue weighted by atomic mass is 9.77. The van der Waals surface area contributed by atoms with E-state index < -0.39 is 62.0 Å². The first-order chi connectivity index (χ1) is 24.2. The minimum absolute atomic E-state index is 0.00465. The van der Waals surface area contributed by atoms with Gasteiger partial charge in [0.1, 0.15) is 23.4 Å². The normalized spacial score (nSPS) is 25.5. The average molecular weight is 724 g/mol. The summed E-state index contributed by atoms with van der Waals surface area (Å²) >= 11 is 0. The van der Waals surface area contributed by atoms with E-state index in [1.165, 1.54) is 11.0 Å². The Kier molecular flexibility index (Phi) is 10.1. The van der Waals surface area contributed by atoms with Gasteiger partial charge in [-0.25, -0.2) is 13.4 Å². The number of fused-ring (bicyclic) bond motifs is 1. The van der Waals surface area contributed by atoms with Gasteiger partial charge in [0.2, 0.25) is 33.6 Å². The van der Waals surface area contributed by atoms with Gasteiger partial charge in [0, 0.05) is 43.4 Å². The Labute approximate surface area is 299 Å². The quantitative estimate of drug-likeness (QED) is 0.313. The van der Waals surface area contributed by atoms with Crippen molar-refractivity contribution in [3.63, 3.8) is 0 Å². The predicted molar refractivity (Wildman–Crippen MR) is 190 cm³/mol. The third kappa shape index (κ3) is 7.70. The van der Waals surface area contributed by atoms with Crippen molar-refractivity contribution < 1.29 is 37.1 Å². The van der Waals surface area contributed by atoms with Gasteiger partial charge >= 0.3 is 0 Å². The Balaban J connectivity index is 1.28. The van der Waals surface area contributed by atoms with Crippen LogP contribution in [0.4, 0.5) is 0 Å². The van der Waals surface area contributed by atoms with Gasteiger partial charge in [0.25, 0.3) is 5.91 Å². The van der Waals surface area contributed by atoms with E-state index in [1.54, 1.807) is 19.4 Å². The summed E-state index contributed by atoms with van der Waals surface area (Å²) in [4.78, 5) is 63.6. The summed E-state index contributed by atoms with van der Waals surface area (Å²) < 4.78 is 39.3. The molecule has 4 aliphatic rings. The second-order valence-electron chi connectivity index (χ2n) is 15.4. The van der Waals surface area contributed by atoms with E-state index in [0.717, 1.165) is 30.0 Å². The second kappa shape index (κ2) is 14.1. The second-order valence-corrected chi connectivity index (χ2v) is 17.4. The van der Waals surface area contributed by atoms with Crippen molar-refractivity contribution in [3.05, 3.63) is 43.1 Å². The van der Waals surface area contributed by atoms with Crippen molar-refractivity contribution in [2.24, 2.45) is 17.3 Å². The number of hydrogen-bond donors (Lipinski definition) is 2.